The summed E-state index contributed by atoms with van der Waals surface area (Å²) < 4.78 is 91.3. The van der Waals surface area contributed by atoms with Gasteiger partial charge in [-0.2, -0.15) is 13.9 Å². The Morgan fingerprint density at radius 1 is 1.00 bits per heavy atom. The highest BCUT2D eigenvalue weighted by atomic mass is 31.2. The average molecular weight is 477 g/mol. The van der Waals surface area contributed by atoms with E-state index in [0.717, 1.165) is 37.7 Å². The van der Waals surface area contributed by atoms with Crippen LogP contribution in [0.4, 0.5) is 22.0 Å². The molecule has 3 aliphatic carbocycles. The first-order valence-electron chi connectivity index (χ1n) is 9.56. The van der Waals surface area contributed by atoms with Crippen LogP contribution in [0.2, 0.25) is 0 Å². The molecule has 6 nitrogen and oxygen atoms in total. The topological polar surface area (TPSA) is 84.9 Å². The molecular formula is C20H17F5NO5P. The molecule has 2 N–H and O–H groups in total. The second kappa shape index (κ2) is 7.74. The van der Waals surface area contributed by atoms with Crippen LogP contribution in [0.3, 0.4) is 0 Å². The van der Waals surface area contributed by atoms with E-state index >= 15 is 0 Å². The summed E-state index contributed by atoms with van der Waals surface area (Å²) in [5, 5.41) is 11.0. The van der Waals surface area contributed by atoms with Crippen LogP contribution in [0, 0.1) is 35.0 Å². The molecule has 3 fully saturated rings. The van der Waals surface area contributed by atoms with Gasteiger partial charge in [0.05, 0.1) is 0 Å². The molecule has 0 aromatic heterocycles. The zero-order chi connectivity index (χ0) is 23.4. The van der Waals surface area contributed by atoms with E-state index in [1.807, 2.05) is 5.09 Å². The Hall–Kier alpha value is -2.65. The molecule has 3 aliphatic rings. The normalized spacial score (nSPS) is 24.0. The molecule has 2 bridgehead atoms. The first-order valence-corrected chi connectivity index (χ1v) is 11.1. The minimum atomic E-state index is -4.99. The maximum Gasteiger partial charge on any atom is 0.513 e. The fourth-order valence-electron chi connectivity index (χ4n) is 3.99. The van der Waals surface area contributed by atoms with E-state index in [2.05, 4.69) is 4.52 Å². The molecule has 1 unspecified atom stereocenters. The lowest BCUT2D eigenvalue weighted by Gasteiger charge is -2.62. The summed E-state index contributed by atoms with van der Waals surface area (Å²) in [5.74, 6) is -14.6. The van der Waals surface area contributed by atoms with Crippen molar-refractivity contribution in [3.05, 3.63) is 58.9 Å². The predicted octanol–water partition coefficient (Wildman–Crippen LogP) is 5.06. The maximum absolute atomic E-state index is 14.0. The number of carboxylic acids is 1. The van der Waals surface area contributed by atoms with Crippen molar-refractivity contribution in [3.63, 3.8) is 0 Å². The number of aliphatic carboxylic acids is 1. The Labute approximate surface area is 178 Å². The van der Waals surface area contributed by atoms with Crippen LogP contribution < -0.4 is 14.1 Å². The van der Waals surface area contributed by atoms with Crippen LogP contribution in [-0.2, 0) is 14.8 Å². The molecule has 5 rings (SSSR count). The number of carboxylic acid groups (broad SMARTS) is 1. The standard InChI is InChI=1S/C20H17F5NO5P/c1-9(19(27)28)26-32(29,31-18-16(24)14(22)13(21)15(23)17(18)25)30-12-4-2-11(3-5-12)20-6-10(7-20)8-20/h2-5,9-10H,6-8H2,1H3,(H,26,29)(H,27,28)/t9-,10?,20?,32?/m0/s1. The van der Waals surface area contributed by atoms with Gasteiger partial charge in [0.1, 0.15) is 11.8 Å². The molecule has 0 aliphatic heterocycles. The van der Waals surface area contributed by atoms with Gasteiger partial charge in [-0.1, -0.05) is 12.1 Å². The SMILES string of the molecule is C[C@H](NP(=O)(Oc1ccc(C23CC(C2)C3)cc1)Oc1c(F)c(F)c(F)c(F)c1F)C(=O)O. The van der Waals surface area contributed by atoms with Gasteiger partial charge in [-0.3, -0.25) is 4.79 Å². The largest absolute Gasteiger partial charge is 0.513 e. The van der Waals surface area contributed by atoms with Crippen molar-refractivity contribution in [2.45, 2.75) is 37.6 Å². The van der Waals surface area contributed by atoms with Crippen LogP contribution in [-0.4, -0.2) is 17.1 Å². The molecule has 172 valence electrons. The Morgan fingerprint density at radius 3 is 1.94 bits per heavy atom. The average Bonchev–Trinajstić information content (AvgIpc) is 2.67. The minimum absolute atomic E-state index is 0.106. The van der Waals surface area contributed by atoms with E-state index in [-0.39, 0.29) is 11.2 Å². The molecule has 12 heteroatoms. The van der Waals surface area contributed by atoms with Crippen LogP contribution in [0.1, 0.15) is 31.7 Å². The molecule has 2 aromatic rings. The Morgan fingerprint density at radius 2 is 1.50 bits per heavy atom. The summed E-state index contributed by atoms with van der Waals surface area (Å²) in [6.07, 6.45) is 3.19. The Kier molecular flexibility index (Phi) is 5.45. The van der Waals surface area contributed by atoms with Gasteiger partial charge < -0.3 is 14.2 Å². The lowest BCUT2D eigenvalue weighted by atomic mass is 9.42. The number of hydrogen-bond donors (Lipinski definition) is 2. The maximum atomic E-state index is 14.0. The summed E-state index contributed by atoms with van der Waals surface area (Å²) in [4.78, 5) is 11.2. The van der Waals surface area contributed by atoms with Crippen molar-refractivity contribution in [1.29, 1.82) is 0 Å². The van der Waals surface area contributed by atoms with Gasteiger partial charge in [-0.05, 0) is 55.2 Å². The van der Waals surface area contributed by atoms with Crippen LogP contribution in [0.25, 0.3) is 0 Å². The summed E-state index contributed by atoms with van der Waals surface area (Å²) in [5.41, 5.74) is 1.13. The molecular weight excluding hydrogens is 460 g/mol. The van der Waals surface area contributed by atoms with Crippen molar-refractivity contribution < 1.29 is 45.5 Å². The van der Waals surface area contributed by atoms with Crippen LogP contribution in [0.5, 0.6) is 11.5 Å². The number of nitrogens with one attached hydrogen (secondary N) is 1. The van der Waals surface area contributed by atoms with Crippen LogP contribution >= 0.6 is 7.75 Å². The van der Waals surface area contributed by atoms with Gasteiger partial charge in [0.15, 0.2) is 0 Å². The summed E-state index contributed by atoms with van der Waals surface area (Å²) >= 11 is 0. The van der Waals surface area contributed by atoms with E-state index in [1.54, 1.807) is 12.1 Å². The summed E-state index contributed by atoms with van der Waals surface area (Å²) in [7, 11) is -4.99. The fourth-order valence-corrected chi connectivity index (χ4v) is 5.52. The first-order chi connectivity index (χ1) is 14.9. The zero-order valence-corrected chi connectivity index (χ0v) is 17.4. The fraction of sp³-hybridized carbons (Fsp3) is 0.350. The molecule has 0 radical (unpaired) electrons. The van der Waals surface area contributed by atoms with Gasteiger partial charge in [-0.15, -0.1) is 0 Å². The molecule has 3 saturated carbocycles. The molecule has 32 heavy (non-hydrogen) atoms. The second-order valence-electron chi connectivity index (χ2n) is 8.05. The predicted molar refractivity (Wildman–Crippen MR) is 101 cm³/mol. The van der Waals surface area contributed by atoms with E-state index in [9.17, 15) is 31.3 Å². The molecule has 2 aromatic carbocycles. The quantitative estimate of drug-likeness (QED) is 0.239. The van der Waals surface area contributed by atoms with Gasteiger partial charge >= 0.3 is 13.7 Å². The summed E-state index contributed by atoms with van der Waals surface area (Å²) in [6, 6.07) is 4.58. The third-order valence-corrected chi connectivity index (χ3v) is 7.41. The van der Waals surface area contributed by atoms with E-state index < -0.39 is 54.6 Å². The number of carbonyl (C=O) groups is 1. The molecule has 0 amide bonds. The third kappa shape index (κ3) is 3.73. The lowest BCUT2D eigenvalue weighted by molar-refractivity contribution is -0.138. The van der Waals surface area contributed by atoms with E-state index in [1.165, 1.54) is 12.1 Å². The van der Waals surface area contributed by atoms with Gasteiger partial charge in [-0.25, -0.2) is 17.7 Å². The zero-order valence-electron chi connectivity index (χ0n) is 16.5. The monoisotopic (exact) mass is 477 g/mol. The Balaban J connectivity index is 1.64. The molecule has 0 saturated heterocycles. The van der Waals surface area contributed by atoms with Crippen molar-refractivity contribution in [3.8, 4) is 11.5 Å². The van der Waals surface area contributed by atoms with Gasteiger partial charge in [0.25, 0.3) is 0 Å². The Bertz CT molecular complexity index is 1100. The van der Waals surface area contributed by atoms with Gasteiger partial charge in [0.2, 0.25) is 34.8 Å². The van der Waals surface area contributed by atoms with Crippen molar-refractivity contribution in [2.24, 2.45) is 5.92 Å². The van der Waals surface area contributed by atoms with Crippen LogP contribution in [0.15, 0.2) is 24.3 Å². The van der Waals surface area contributed by atoms with Crippen molar-refractivity contribution >= 4 is 13.7 Å². The van der Waals surface area contributed by atoms with E-state index in [0.29, 0.717) is 0 Å². The third-order valence-electron chi connectivity index (χ3n) is 5.83. The van der Waals surface area contributed by atoms with E-state index in [4.69, 9.17) is 9.63 Å². The molecule has 0 heterocycles. The highest BCUT2D eigenvalue weighted by Gasteiger charge is 2.57. The number of hydrogen-bond acceptors (Lipinski definition) is 4. The molecule has 2 atom stereocenters. The minimum Gasteiger partial charge on any atom is -0.480 e. The number of halogens is 5. The highest BCUT2D eigenvalue weighted by Crippen LogP contribution is 2.65. The highest BCUT2D eigenvalue weighted by molar-refractivity contribution is 7.52. The van der Waals surface area contributed by atoms with Gasteiger partial charge in [0, 0.05) is 0 Å². The first kappa shape index (κ1) is 22.5. The van der Waals surface area contributed by atoms with Crippen molar-refractivity contribution in [1.82, 2.24) is 5.09 Å². The number of rotatable bonds is 8. The number of benzene rings is 2. The summed E-state index contributed by atoms with van der Waals surface area (Å²) in [6.45, 7) is 1.02. The smallest absolute Gasteiger partial charge is 0.480 e. The molecule has 0 spiro atoms. The van der Waals surface area contributed by atoms with Crippen molar-refractivity contribution in [2.75, 3.05) is 0 Å². The lowest BCUT2D eigenvalue weighted by Crippen LogP contribution is -2.55. The second-order valence-corrected chi connectivity index (χ2v) is 9.67.